The van der Waals surface area contributed by atoms with Crippen molar-refractivity contribution in [1.82, 2.24) is 10.3 Å². The Morgan fingerprint density at radius 1 is 1.41 bits per heavy atom. The number of nitriles is 1. The molecule has 0 bridgehead atoms. The van der Waals surface area contributed by atoms with Crippen molar-refractivity contribution in [3.8, 4) is 6.07 Å². The van der Waals surface area contributed by atoms with Gasteiger partial charge in [-0.05, 0) is 56.2 Å². The molecule has 1 saturated heterocycles. The third-order valence-electron chi connectivity index (χ3n) is 4.30. The molecule has 1 saturated carbocycles. The van der Waals surface area contributed by atoms with E-state index in [2.05, 4.69) is 16.4 Å². The van der Waals surface area contributed by atoms with Crippen molar-refractivity contribution in [1.29, 1.82) is 5.26 Å². The van der Waals surface area contributed by atoms with Gasteiger partial charge in [-0.1, -0.05) is 0 Å². The number of rotatable bonds is 1. The van der Waals surface area contributed by atoms with Gasteiger partial charge in [-0.2, -0.15) is 5.26 Å². The lowest BCUT2D eigenvalue weighted by molar-refractivity contribution is 0.383. The van der Waals surface area contributed by atoms with Crippen LogP contribution in [0.3, 0.4) is 0 Å². The molecule has 1 N–H and O–H groups in total. The summed E-state index contributed by atoms with van der Waals surface area (Å²) in [5, 5.41) is 12.6. The fourth-order valence-corrected chi connectivity index (χ4v) is 3.41. The van der Waals surface area contributed by atoms with Crippen LogP contribution in [-0.2, 0) is 0 Å². The summed E-state index contributed by atoms with van der Waals surface area (Å²) in [4.78, 5) is 4.17. The highest BCUT2D eigenvalue weighted by Gasteiger charge is 2.41. The molecule has 3 rings (SSSR count). The van der Waals surface area contributed by atoms with Crippen molar-refractivity contribution < 1.29 is 0 Å². The smallest absolute Gasteiger partial charge is 0.101 e. The molecule has 0 radical (unpaired) electrons. The Balaban J connectivity index is 1.80. The van der Waals surface area contributed by atoms with E-state index in [1.165, 1.54) is 44.2 Å². The molecule has 2 heterocycles. The Morgan fingerprint density at radius 3 is 3.12 bits per heavy atom. The van der Waals surface area contributed by atoms with Gasteiger partial charge >= 0.3 is 0 Å². The number of hydrogen-bond donors (Lipinski definition) is 1. The Labute approximate surface area is 102 Å². The third-order valence-corrected chi connectivity index (χ3v) is 4.30. The number of nitrogens with zero attached hydrogens (tertiary/aromatic N) is 2. The van der Waals surface area contributed by atoms with E-state index in [9.17, 15) is 0 Å². The van der Waals surface area contributed by atoms with E-state index < -0.39 is 0 Å². The van der Waals surface area contributed by atoms with Crippen LogP contribution in [0.2, 0.25) is 0 Å². The van der Waals surface area contributed by atoms with Crippen LogP contribution in [-0.4, -0.2) is 17.1 Å². The Hall–Kier alpha value is -1.40. The molecule has 88 valence electrons. The quantitative estimate of drug-likeness (QED) is 0.801. The van der Waals surface area contributed by atoms with Gasteiger partial charge in [0.05, 0.1) is 5.56 Å². The summed E-state index contributed by atoms with van der Waals surface area (Å²) in [6, 6.07) is 4.18. The maximum Gasteiger partial charge on any atom is 0.101 e. The SMILES string of the molecule is N#Cc1cncc(C2CCC3(CCCN3)C2)c1. The summed E-state index contributed by atoms with van der Waals surface area (Å²) in [6.45, 7) is 1.17. The predicted molar refractivity (Wildman–Crippen MR) is 65.5 cm³/mol. The van der Waals surface area contributed by atoms with Crippen molar-refractivity contribution in [3.63, 3.8) is 0 Å². The Morgan fingerprint density at radius 2 is 2.35 bits per heavy atom. The van der Waals surface area contributed by atoms with Crippen LogP contribution >= 0.6 is 0 Å². The van der Waals surface area contributed by atoms with Gasteiger partial charge < -0.3 is 5.32 Å². The van der Waals surface area contributed by atoms with Gasteiger partial charge in [0.2, 0.25) is 0 Å². The number of nitrogens with one attached hydrogen (secondary N) is 1. The van der Waals surface area contributed by atoms with Gasteiger partial charge in [-0.15, -0.1) is 0 Å². The molecule has 1 spiro atoms. The highest BCUT2D eigenvalue weighted by molar-refractivity contribution is 5.31. The van der Waals surface area contributed by atoms with Crippen molar-refractivity contribution in [2.45, 2.75) is 43.6 Å². The number of hydrogen-bond acceptors (Lipinski definition) is 3. The van der Waals surface area contributed by atoms with Gasteiger partial charge in [0.25, 0.3) is 0 Å². The zero-order valence-corrected chi connectivity index (χ0v) is 9.95. The topological polar surface area (TPSA) is 48.7 Å². The Kier molecular flexibility index (Phi) is 2.60. The first kappa shape index (κ1) is 10.7. The summed E-state index contributed by atoms with van der Waals surface area (Å²) in [6.07, 6.45) is 9.90. The lowest BCUT2D eigenvalue weighted by atomic mass is 9.91. The van der Waals surface area contributed by atoms with E-state index in [1.54, 1.807) is 6.20 Å². The summed E-state index contributed by atoms with van der Waals surface area (Å²) in [5.41, 5.74) is 2.32. The standard InChI is InChI=1S/C14H17N3/c15-8-11-6-13(10-16-9-11)12-2-4-14(7-12)3-1-5-17-14/h6,9-10,12,17H,1-5,7H2. The molecule has 3 heteroatoms. The highest BCUT2D eigenvalue weighted by atomic mass is 15.0. The average Bonchev–Trinajstić information content (AvgIpc) is 3.01. The first-order chi connectivity index (χ1) is 8.31. The van der Waals surface area contributed by atoms with Crippen molar-refractivity contribution in [2.75, 3.05) is 6.54 Å². The summed E-state index contributed by atoms with van der Waals surface area (Å²) < 4.78 is 0. The molecule has 2 fully saturated rings. The molecule has 2 unspecified atom stereocenters. The summed E-state index contributed by atoms with van der Waals surface area (Å²) in [7, 11) is 0. The van der Waals surface area contributed by atoms with Crippen LogP contribution in [0.1, 0.15) is 49.1 Å². The van der Waals surface area contributed by atoms with E-state index in [1.807, 2.05) is 12.3 Å². The molecule has 2 aliphatic rings. The van der Waals surface area contributed by atoms with Crippen LogP contribution in [0.4, 0.5) is 0 Å². The maximum atomic E-state index is 8.91. The molecule has 1 aliphatic heterocycles. The van der Waals surface area contributed by atoms with Crippen LogP contribution in [0.15, 0.2) is 18.5 Å². The van der Waals surface area contributed by atoms with E-state index in [0.717, 1.165) is 0 Å². The molecule has 3 nitrogen and oxygen atoms in total. The lowest BCUT2D eigenvalue weighted by Gasteiger charge is -2.23. The average molecular weight is 227 g/mol. The van der Waals surface area contributed by atoms with Crippen LogP contribution in [0.5, 0.6) is 0 Å². The van der Waals surface area contributed by atoms with Crippen LogP contribution in [0.25, 0.3) is 0 Å². The van der Waals surface area contributed by atoms with Crippen LogP contribution in [0, 0.1) is 11.3 Å². The largest absolute Gasteiger partial charge is 0.311 e. The van der Waals surface area contributed by atoms with Gasteiger partial charge in [0, 0.05) is 17.9 Å². The van der Waals surface area contributed by atoms with Crippen molar-refractivity contribution >= 4 is 0 Å². The second-order valence-electron chi connectivity index (χ2n) is 5.37. The molecule has 0 amide bonds. The van der Waals surface area contributed by atoms with E-state index in [4.69, 9.17) is 5.26 Å². The van der Waals surface area contributed by atoms with Gasteiger partial charge in [-0.25, -0.2) is 0 Å². The minimum atomic E-state index is 0.396. The van der Waals surface area contributed by atoms with Crippen molar-refractivity contribution in [2.24, 2.45) is 0 Å². The second-order valence-corrected chi connectivity index (χ2v) is 5.37. The highest BCUT2D eigenvalue weighted by Crippen LogP contribution is 2.44. The molecule has 1 aromatic heterocycles. The fourth-order valence-electron chi connectivity index (χ4n) is 3.41. The minimum Gasteiger partial charge on any atom is -0.311 e. The zero-order chi connectivity index (χ0) is 11.7. The third kappa shape index (κ3) is 1.94. The molecule has 17 heavy (non-hydrogen) atoms. The van der Waals surface area contributed by atoms with Crippen molar-refractivity contribution in [3.05, 3.63) is 29.6 Å². The Bertz CT molecular complexity index is 455. The monoisotopic (exact) mass is 227 g/mol. The van der Waals surface area contributed by atoms with Crippen LogP contribution < -0.4 is 5.32 Å². The van der Waals surface area contributed by atoms with Gasteiger partial charge in [0.1, 0.15) is 6.07 Å². The molecule has 2 atom stereocenters. The zero-order valence-electron chi connectivity index (χ0n) is 9.95. The summed E-state index contributed by atoms with van der Waals surface area (Å²) in [5.74, 6) is 0.585. The molecule has 1 aliphatic carbocycles. The predicted octanol–water partition coefficient (Wildman–Crippen LogP) is 2.34. The molecule has 1 aromatic rings. The first-order valence-electron chi connectivity index (χ1n) is 6.41. The molecule has 0 aromatic carbocycles. The van der Waals surface area contributed by atoms with E-state index in [0.29, 0.717) is 17.0 Å². The minimum absolute atomic E-state index is 0.396. The maximum absolute atomic E-state index is 8.91. The first-order valence-corrected chi connectivity index (χ1v) is 6.41. The molecular formula is C14H17N3. The van der Waals surface area contributed by atoms with E-state index in [-0.39, 0.29) is 0 Å². The van der Waals surface area contributed by atoms with Gasteiger partial charge in [0.15, 0.2) is 0 Å². The second kappa shape index (κ2) is 4.12. The number of aromatic nitrogens is 1. The van der Waals surface area contributed by atoms with Gasteiger partial charge in [-0.3, -0.25) is 4.98 Å². The molecular weight excluding hydrogens is 210 g/mol. The lowest BCUT2D eigenvalue weighted by Crippen LogP contribution is -2.36. The summed E-state index contributed by atoms with van der Waals surface area (Å²) >= 11 is 0. The fraction of sp³-hybridized carbons (Fsp3) is 0.571. The van der Waals surface area contributed by atoms with E-state index >= 15 is 0 Å². The number of pyridine rings is 1. The normalized spacial score (nSPS) is 31.8.